The average molecular weight is 250 g/mol. The van der Waals surface area contributed by atoms with Crippen LogP contribution in [0.1, 0.15) is 18.4 Å². The third kappa shape index (κ3) is 3.07. The van der Waals surface area contributed by atoms with Crippen LogP contribution in [-0.2, 0) is 10.0 Å². The second-order valence-electron chi connectivity index (χ2n) is 3.90. The molecule has 0 amide bonds. The van der Waals surface area contributed by atoms with Crippen LogP contribution in [0.3, 0.4) is 0 Å². The molecule has 2 rings (SSSR count). The van der Waals surface area contributed by atoms with Gasteiger partial charge in [0.05, 0.1) is 11.4 Å². The van der Waals surface area contributed by atoms with Gasteiger partial charge in [-0.3, -0.25) is 0 Å². The molecule has 1 aliphatic rings. The molecule has 0 spiro atoms. The van der Waals surface area contributed by atoms with E-state index in [2.05, 4.69) is 16.6 Å². The lowest BCUT2D eigenvalue weighted by molar-refractivity contribution is 0.581. The van der Waals surface area contributed by atoms with E-state index < -0.39 is 10.0 Å². The highest BCUT2D eigenvalue weighted by Crippen LogP contribution is 2.23. The van der Waals surface area contributed by atoms with E-state index in [9.17, 15) is 8.42 Å². The normalized spacial score (nSPS) is 15.1. The SMILES string of the molecule is NCC#Cc1ccccc1S(=O)(=O)NC1CC1. The summed E-state index contributed by atoms with van der Waals surface area (Å²) in [7, 11) is -3.45. The predicted octanol–water partition coefficient (Wildman–Crippen LogP) is 0.437. The van der Waals surface area contributed by atoms with E-state index in [1.807, 2.05) is 0 Å². The van der Waals surface area contributed by atoms with Gasteiger partial charge in [-0.05, 0) is 25.0 Å². The van der Waals surface area contributed by atoms with Gasteiger partial charge in [0.1, 0.15) is 0 Å². The summed E-state index contributed by atoms with van der Waals surface area (Å²) >= 11 is 0. The Balaban J connectivity index is 2.36. The van der Waals surface area contributed by atoms with Gasteiger partial charge in [-0.2, -0.15) is 0 Å². The molecule has 1 aromatic carbocycles. The zero-order chi connectivity index (χ0) is 12.3. The molecule has 3 N–H and O–H groups in total. The molecule has 1 saturated carbocycles. The summed E-state index contributed by atoms with van der Waals surface area (Å²) in [6.07, 6.45) is 1.83. The van der Waals surface area contributed by atoms with E-state index in [0.717, 1.165) is 12.8 Å². The lowest BCUT2D eigenvalue weighted by Crippen LogP contribution is -2.26. The van der Waals surface area contributed by atoms with Gasteiger partial charge in [-0.15, -0.1) is 0 Å². The predicted molar refractivity (Wildman–Crippen MR) is 65.7 cm³/mol. The van der Waals surface area contributed by atoms with Crippen LogP contribution in [0.4, 0.5) is 0 Å². The summed E-state index contributed by atoms with van der Waals surface area (Å²) in [5, 5.41) is 0. The lowest BCUT2D eigenvalue weighted by Gasteiger charge is -2.07. The first kappa shape index (κ1) is 12.1. The van der Waals surface area contributed by atoms with Crippen molar-refractivity contribution in [3.05, 3.63) is 29.8 Å². The van der Waals surface area contributed by atoms with Crippen LogP contribution in [0.5, 0.6) is 0 Å². The summed E-state index contributed by atoms with van der Waals surface area (Å²) in [4.78, 5) is 0.229. The van der Waals surface area contributed by atoms with Crippen molar-refractivity contribution in [2.75, 3.05) is 6.54 Å². The largest absolute Gasteiger partial charge is 0.320 e. The molecule has 0 bridgehead atoms. The molecule has 0 radical (unpaired) electrons. The van der Waals surface area contributed by atoms with Crippen molar-refractivity contribution in [2.45, 2.75) is 23.8 Å². The molecule has 90 valence electrons. The van der Waals surface area contributed by atoms with Crippen LogP contribution in [0.15, 0.2) is 29.2 Å². The fourth-order valence-corrected chi connectivity index (χ4v) is 2.90. The molecule has 0 heterocycles. The third-order valence-corrected chi connectivity index (χ3v) is 3.98. The van der Waals surface area contributed by atoms with Gasteiger partial charge in [-0.25, -0.2) is 13.1 Å². The molecular formula is C12H14N2O2S. The standard InChI is InChI=1S/C12H14N2O2S/c13-9-3-5-10-4-1-2-6-12(10)17(15,16)14-11-7-8-11/h1-2,4,6,11,14H,7-9,13H2. The van der Waals surface area contributed by atoms with Gasteiger partial charge in [0.25, 0.3) is 0 Å². The van der Waals surface area contributed by atoms with Crippen LogP contribution in [-0.4, -0.2) is 21.0 Å². The minimum atomic E-state index is -3.45. The second kappa shape index (κ2) is 4.88. The van der Waals surface area contributed by atoms with Gasteiger partial charge in [0.2, 0.25) is 10.0 Å². The summed E-state index contributed by atoms with van der Waals surface area (Å²) in [6.45, 7) is 0.213. The molecular weight excluding hydrogens is 236 g/mol. The number of hydrogen-bond acceptors (Lipinski definition) is 3. The Bertz CT molecular complexity index is 566. The maximum Gasteiger partial charge on any atom is 0.242 e. The topological polar surface area (TPSA) is 72.2 Å². The Kier molecular flexibility index (Phi) is 3.48. The van der Waals surface area contributed by atoms with Crippen molar-refractivity contribution in [1.29, 1.82) is 0 Å². The van der Waals surface area contributed by atoms with Crippen molar-refractivity contribution >= 4 is 10.0 Å². The molecule has 17 heavy (non-hydrogen) atoms. The van der Waals surface area contributed by atoms with E-state index in [1.165, 1.54) is 0 Å². The van der Waals surface area contributed by atoms with Crippen LogP contribution in [0, 0.1) is 11.8 Å². The van der Waals surface area contributed by atoms with Gasteiger partial charge in [-0.1, -0.05) is 24.0 Å². The minimum absolute atomic E-state index is 0.0931. The van der Waals surface area contributed by atoms with Gasteiger partial charge < -0.3 is 5.73 Å². The van der Waals surface area contributed by atoms with E-state index in [1.54, 1.807) is 24.3 Å². The molecule has 0 unspecified atom stereocenters. The highest BCUT2D eigenvalue weighted by Gasteiger charge is 2.28. The smallest absolute Gasteiger partial charge is 0.242 e. The van der Waals surface area contributed by atoms with Crippen molar-refractivity contribution in [1.82, 2.24) is 4.72 Å². The fourth-order valence-electron chi connectivity index (χ4n) is 1.43. The number of nitrogens with two attached hydrogens (primary N) is 1. The van der Waals surface area contributed by atoms with Crippen molar-refractivity contribution in [3.63, 3.8) is 0 Å². The summed E-state index contributed by atoms with van der Waals surface area (Å²) in [6, 6.07) is 6.79. The zero-order valence-corrected chi connectivity index (χ0v) is 10.1. The molecule has 1 aliphatic carbocycles. The maximum atomic E-state index is 12.1. The van der Waals surface area contributed by atoms with E-state index in [4.69, 9.17) is 5.73 Å². The molecule has 5 heteroatoms. The monoisotopic (exact) mass is 250 g/mol. The van der Waals surface area contributed by atoms with Crippen molar-refractivity contribution < 1.29 is 8.42 Å². The van der Waals surface area contributed by atoms with Crippen molar-refractivity contribution in [3.8, 4) is 11.8 Å². The van der Waals surface area contributed by atoms with Crippen LogP contribution >= 0.6 is 0 Å². The first-order valence-electron chi connectivity index (χ1n) is 5.44. The number of benzene rings is 1. The molecule has 0 saturated heterocycles. The summed E-state index contributed by atoms with van der Waals surface area (Å²) in [5.74, 6) is 5.45. The Morgan fingerprint density at radius 2 is 2.06 bits per heavy atom. The Labute approximate surface area is 101 Å². The zero-order valence-electron chi connectivity index (χ0n) is 9.31. The summed E-state index contributed by atoms with van der Waals surface area (Å²) < 4.78 is 26.7. The minimum Gasteiger partial charge on any atom is -0.320 e. The van der Waals surface area contributed by atoms with Gasteiger partial charge >= 0.3 is 0 Å². The first-order chi connectivity index (χ1) is 8.13. The number of rotatable bonds is 3. The molecule has 1 aromatic rings. The first-order valence-corrected chi connectivity index (χ1v) is 6.92. The Morgan fingerprint density at radius 1 is 1.35 bits per heavy atom. The number of sulfonamides is 1. The highest BCUT2D eigenvalue weighted by molar-refractivity contribution is 7.89. The Morgan fingerprint density at radius 3 is 2.71 bits per heavy atom. The second-order valence-corrected chi connectivity index (χ2v) is 5.58. The molecule has 0 atom stereocenters. The van der Waals surface area contributed by atoms with E-state index in [0.29, 0.717) is 5.56 Å². The number of nitrogens with one attached hydrogen (secondary N) is 1. The lowest BCUT2D eigenvalue weighted by atomic mass is 10.2. The van der Waals surface area contributed by atoms with Gasteiger partial charge in [0, 0.05) is 11.6 Å². The van der Waals surface area contributed by atoms with E-state index in [-0.39, 0.29) is 17.5 Å². The molecule has 0 aliphatic heterocycles. The highest BCUT2D eigenvalue weighted by atomic mass is 32.2. The van der Waals surface area contributed by atoms with Crippen LogP contribution < -0.4 is 10.5 Å². The quantitative estimate of drug-likeness (QED) is 0.764. The average Bonchev–Trinajstić information content (AvgIpc) is 3.10. The fraction of sp³-hybridized carbons (Fsp3) is 0.333. The maximum absolute atomic E-state index is 12.1. The molecule has 0 aromatic heterocycles. The third-order valence-electron chi connectivity index (χ3n) is 2.40. The molecule has 4 nitrogen and oxygen atoms in total. The summed E-state index contributed by atoms with van der Waals surface area (Å²) in [5.41, 5.74) is 5.78. The van der Waals surface area contributed by atoms with Crippen LogP contribution in [0.25, 0.3) is 0 Å². The van der Waals surface area contributed by atoms with Crippen molar-refractivity contribution in [2.24, 2.45) is 5.73 Å². The van der Waals surface area contributed by atoms with Crippen LogP contribution in [0.2, 0.25) is 0 Å². The van der Waals surface area contributed by atoms with E-state index >= 15 is 0 Å². The number of hydrogen-bond donors (Lipinski definition) is 2. The Hall–Kier alpha value is -1.35. The van der Waals surface area contributed by atoms with Gasteiger partial charge in [0.15, 0.2) is 0 Å². The molecule has 1 fully saturated rings.